The predicted molar refractivity (Wildman–Crippen MR) is 73.1 cm³/mol. The van der Waals surface area contributed by atoms with Crippen molar-refractivity contribution in [1.82, 2.24) is 15.1 Å². The van der Waals surface area contributed by atoms with Gasteiger partial charge in [0.15, 0.2) is 0 Å². The second-order valence-electron chi connectivity index (χ2n) is 4.61. The Morgan fingerprint density at radius 1 is 1.56 bits per heavy atom. The summed E-state index contributed by atoms with van der Waals surface area (Å²) in [5.74, 6) is -1.21. The van der Waals surface area contributed by atoms with E-state index >= 15 is 0 Å². The summed E-state index contributed by atoms with van der Waals surface area (Å²) < 4.78 is 0. The molecule has 6 nitrogen and oxygen atoms in total. The van der Waals surface area contributed by atoms with Crippen LogP contribution in [0.3, 0.4) is 0 Å². The zero-order valence-corrected chi connectivity index (χ0v) is 11.6. The fourth-order valence-electron chi connectivity index (χ4n) is 2.03. The Hall–Kier alpha value is -1.21. The van der Waals surface area contributed by atoms with Gasteiger partial charge in [0, 0.05) is 19.6 Å². The van der Waals surface area contributed by atoms with Crippen LogP contribution in [0.15, 0.2) is 0 Å². The Bertz CT molecular complexity index is 348. The van der Waals surface area contributed by atoms with Gasteiger partial charge in [-0.25, -0.2) is 0 Å². The number of amides is 2. The summed E-state index contributed by atoms with van der Waals surface area (Å²) in [5.41, 5.74) is 5.25. The van der Waals surface area contributed by atoms with Gasteiger partial charge in [-0.1, -0.05) is 12.2 Å². The Morgan fingerprint density at radius 2 is 2.22 bits per heavy atom. The van der Waals surface area contributed by atoms with Crippen molar-refractivity contribution >= 4 is 29.0 Å². The van der Waals surface area contributed by atoms with Crippen LogP contribution in [-0.4, -0.2) is 66.4 Å². The molecule has 1 aliphatic heterocycles. The van der Waals surface area contributed by atoms with Gasteiger partial charge in [-0.2, -0.15) is 0 Å². The first kappa shape index (κ1) is 14.8. The number of nitrogens with one attached hydrogen (secondary N) is 1. The van der Waals surface area contributed by atoms with Gasteiger partial charge < -0.3 is 20.9 Å². The van der Waals surface area contributed by atoms with Crippen molar-refractivity contribution < 1.29 is 9.59 Å². The second kappa shape index (κ2) is 6.65. The third kappa shape index (κ3) is 4.23. The third-order valence-corrected chi connectivity index (χ3v) is 3.26. The first-order valence-electron chi connectivity index (χ1n) is 5.93. The van der Waals surface area contributed by atoms with E-state index in [0.29, 0.717) is 12.6 Å². The van der Waals surface area contributed by atoms with Crippen LogP contribution in [0.5, 0.6) is 0 Å². The number of rotatable bonds is 4. The SMILES string of the molecule is CN(CC1CCCN1C)C(=O)C(=O)NCC(N)=S. The number of nitrogens with zero attached hydrogens (tertiary/aromatic N) is 2. The van der Waals surface area contributed by atoms with Crippen LogP contribution in [0.2, 0.25) is 0 Å². The summed E-state index contributed by atoms with van der Waals surface area (Å²) in [6.07, 6.45) is 2.19. The average molecular weight is 272 g/mol. The van der Waals surface area contributed by atoms with E-state index in [4.69, 9.17) is 5.73 Å². The molecule has 1 unspecified atom stereocenters. The molecule has 0 bridgehead atoms. The number of hydrogen-bond donors (Lipinski definition) is 2. The van der Waals surface area contributed by atoms with E-state index in [9.17, 15) is 9.59 Å². The van der Waals surface area contributed by atoms with Gasteiger partial charge in [0.05, 0.1) is 11.5 Å². The Balaban J connectivity index is 2.40. The fourth-order valence-corrected chi connectivity index (χ4v) is 2.10. The minimum Gasteiger partial charge on any atom is -0.392 e. The van der Waals surface area contributed by atoms with E-state index < -0.39 is 11.8 Å². The van der Waals surface area contributed by atoms with Crippen LogP contribution in [0.4, 0.5) is 0 Å². The van der Waals surface area contributed by atoms with Crippen LogP contribution in [0.1, 0.15) is 12.8 Å². The summed E-state index contributed by atoms with van der Waals surface area (Å²) in [4.78, 5) is 27.1. The Morgan fingerprint density at radius 3 is 2.72 bits per heavy atom. The molecule has 1 fully saturated rings. The monoisotopic (exact) mass is 272 g/mol. The van der Waals surface area contributed by atoms with Crippen LogP contribution in [-0.2, 0) is 9.59 Å². The maximum Gasteiger partial charge on any atom is 0.311 e. The highest BCUT2D eigenvalue weighted by molar-refractivity contribution is 7.80. The van der Waals surface area contributed by atoms with E-state index in [-0.39, 0.29) is 11.5 Å². The number of hydrogen-bond acceptors (Lipinski definition) is 4. The van der Waals surface area contributed by atoms with Gasteiger partial charge in [0.25, 0.3) is 0 Å². The number of thiocarbonyl (C=S) groups is 1. The van der Waals surface area contributed by atoms with Gasteiger partial charge in [0.2, 0.25) is 0 Å². The molecule has 102 valence electrons. The second-order valence-corrected chi connectivity index (χ2v) is 5.14. The van der Waals surface area contributed by atoms with Crippen LogP contribution < -0.4 is 11.1 Å². The molecule has 0 aliphatic carbocycles. The molecular formula is C11H20N4O2S. The number of nitrogens with two attached hydrogens (primary N) is 1. The molecule has 2 amide bonds. The minimum atomic E-state index is -0.661. The Kier molecular flexibility index (Phi) is 5.49. The topological polar surface area (TPSA) is 78.7 Å². The number of carbonyl (C=O) groups excluding carboxylic acids is 2. The van der Waals surface area contributed by atoms with Crippen molar-refractivity contribution in [3.63, 3.8) is 0 Å². The van der Waals surface area contributed by atoms with Crippen molar-refractivity contribution in [2.45, 2.75) is 18.9 Å². The van der Waals surface area contributed by atoms with Gasteiger partial charge in [0.1, 0.15) is 0 Å². The summed E-state index contributed by atoms with van der Waals surface area (Å²) in [6, 6.07) is 0.335. The highest BCUT2D eigenvalue weighted by Gasteiger charge is 2.26. The molecule has 7 heteroatoms. The molecule has 1 aliphatic rings. The van der Waals surface area contributed by atoms with Gasteiger partial charge in [-0.15, -0.1) is 0 Å². The predicted octanol–water partition coefficient (Wildman–Crippen LogP) is -1.06. The van der Waals surface area contributed by atoms with E-state index in [1.165, 1.54) is 4.90 Å². The third-order valence-electron chi connectivity index (χ3n) is 3.12. The van der Waals surface area contributed by atoms with E-state index in [1.807, 2.05) is 7.05 Å². The van der Waals surface area contributed by atoms with Gasteiger partial charge in [-0.3, -0.25) is 9.59 Å². The smallest absolute Gasteiger partial charge is 0.311 e. The zero-order chi connectivity index (χ0) is 13.7. The van der Waals surface area contributed by atoms with Crippen molar-refractivity contribution in [1.29, 1.82) is 0 Å². The molecule has 0 spiro atoms. The lowest BCUT2D eigenvalue weighted by Crippen LogP contribution is -2.47. The van der Waals surface area contributed by atoms with Crippen molar-refractivity contribution in [2.24, 2.45) is 5.73 Å². The molecule has 0 aromatic carbocycles. The van der Waals surface area contributed by atoms with Gasteiger partial charge >= 0.3 is 11.8 Å². The maximum atomic E-state index is 11.8. The zero-order valence-electron chi connectivity index (χ0n) is 10.8. The van der Waals surface area contributed by atoms with E-state index in [1.54, 1.807) is 7.05 Å². The highest BCUT2D eigenvalue weighted by Crippen LogP contribution is 2.15. The summed E-state index contributed by atoms with van der Waals surface area (Å²) >= 11 is 4.63. The van der Waals surface area contributed by atoms with Crippen LogP contribution >= 0.6 is 12.2 Å². The lowest BCUT2D eigenvalue weighted by Gasteiger charge is -2.25. The first-order chi connectivity index (χ1) is 8.41. The molecule has 1 heterocycles. The van der Waals surface area contributed by atoms with Crippen LogP contribution in [0, 0.1) is 0 Å². The van der Waals surface area contributed by atoms with Crippen molar-refractivity contribution in [3.05, 3.63) is 0 Å². The van der Waals surface area contributed by atoms with Crippen LogP contribution in [0.25, 0.3) is 0 Å². The van der Waals surface area contributed by atoms with E-state index in [2.05, 4.69) is 22.4 Å². The fraction of sp³-hybridized carbons (Fsp3) is 0.727. The normalized spacial score (nSPS) is 19.6. The van der Waals surface area contributed by atoms with Crippen molar-refractivity contribution in [3.8, 4) is 0 Å². The molecule has 0 aromatic heterocycles. The molecule has 0 aromatic rings. The lowest BCUT2D eigenvalue weighted by molar-refractivity contribution is -0.145. The van der Waals surface area contributed by atoms with Crippen molar-refractivity contribution in [2.75, 3.05) is 33.7 Å². The first-order valence-corrected chi connectivity index (χ1v) is 6.34. The minimum absolute atomic E-state index is 0.0527. The Labute approximate surface area is 112 Å². The standard InChI is InChI=1S/C11H20N4O2S/c1-14-5-3-4-8(14)7-15(2)11(17)10(16)13-6-9(12)18/h8H,3-7H2,1-2H3,(H2,12,18)(H,13,16). The van der Waals surface area contributed by atoms with E-state index in [0.717, 1.165) is 19.4 Å². The molecule has 18 heavy (non-hydrogen) atoms. The number of likely N-dealkylation sites (tertiary alicyclic amines) is 1. The quantitative estimate of drug-likeness (QED) is 0.504. The average Bonchev–Trinajstić information content (AvgIpc) is 2.70. The number of carbonyl (C=O) groups is 2. The summed E-state index contributed by atoms with van der Waals surface area (Å²) in [5, 5.41) is 2.39. The summed E-state index contributed by atoms with van der Waals surface area (Å²) in [7, 11) is 3.66. The lowest BCUT2D eigenvalue weighted by atomic mass is 10.2. The molecule has 0 saturated carbocycles. The maximum absolute atomic E-state index is 11.8. The summed E-state index contributed by atoms with van der Waals surface area (Å²) in [6.45, 7) is 1.66. The molecule has 1 atom stereocenters. The molecule has 0 radical (unpaired) electrons. The molecular weight excluding hydrogens is 252 g/mol. The molecule has 1 rings (SSSR count). The molecule has 3 N–H and O–H groups in total. The van der Waals surface area contributed by atoms with Gasteiger partial charge in [-0.05, 0) is 26.4 Å². The number of likely N-dealkylation sites (N-methyl/N-ethyl adjacent to an activating group) is 2. The molecule has 1 saturated heterocycles. The largest absolute Gasteiger partial charge is 0.392 e. The highest BCUT2D eigenvalue weighted by atomic mass is 32.1.